The van der Waals surface area contributed by atoms with Gasteiger partial charge in [-0.1, -0.05) is 35.9 Å². The second-order valence-electron chi connectivity index (χ2n) is 9.45. The summed E-state index contributed by atoms with van der Waals surface area (Å²) in [6.07, 6.45) is 4.76. The molecule has 1 aliphatic heterocycles. The van der Waals surface area contributed by atoms with Crippen molar-refractivity contribution in [1.29, 1.82) is 0 Å². The van der Waals surface area contributed by atoms with E-state index in [9.17, 15) is 4.79 Å². The van der Waals surface area contributed by atoms with Gasteiger partial charge >= 0.3 is 0 Å². The van der Waals surface area contributed by atoms with Gasteiger partial charge in [-0.3, -0.25) is 9.36 Å². The van der Waals surface area contributed by atoms with E-state index < -0.39 is 0 Å². The number of halogens is 1. The van der Waals surface area contributed by atoms with Gasteiger partial charge in [0.1, 0.15) is 5.65 Å². The molecule has 6 rings (SSSR count). The second-order valence-corrected chi connectivity index (χ2v) is 11.1. The molecule has 9 heteroatoms. The van der Waals surface area contributed by atoms with Crippen molar-refractivity contribution in [2.24, 2.45) is 0 Å². The van der Waals surface area contributed by atoms with Crippen molar-refractivity contribution in [2.45, 2.75) is 32.7 Å². The van der Waals surface area contributed by atoms with Gasteiger partial charge in [0.15, 0.2) is 0 Å². The molecule has 0 bridgehead atoms. The maximum absolute atomic E-state index is 13.6. The Labute approximate surface area is 229 Å². The first-order chi connectivity index (χ1) is 18.5. The van der Waals surface area contributed by atoms with Gasteiger partial charge in [0.25, 0.3) is 5.56 Å². The fourth-order valence-electron chi connectivity index (χ4n) is 4.99. The first kappa shape index (κ1) is 24.7. The molecule has 0 amide bonds. The SMILES string of the molecule is CCn1c(=O)c(-c2ccc(-c3cnc(C)s3)cc2Cl)cc2cnc(Nc3ccc(C4CCNC4)cc3)nc21. The number of rotatable bonds is 6. The minimum Gasteiger partial charge on any atom is -0.324 e. The van der Waals surface area contributed by atoms with Crippen LogP contribution in [0.4, 0.5) is 11.6 Å². The maximum atomic E-state index is 13.6. The fourth-order valence-corrected chi connectivity index (χ4v) is 6.05. The third-order valence-electron chi connectivity index (χ3n) is 7.01. The molecule has 0 radical (unpaired) electrons. The number of hydrogen-bond donors (Lipinski definition) is 2. The van der Waals surface area contributed by atoms with Crippen molar-refractivity contribution >= 4 is 45.6 Å². The number of aryl methyl sites for hydroxylation is 2. The van der Waals surface area contributed by atoms with Crippen molar-refractivity contribution < 1.29 is 0 Å². The Kier molecular flexibility index (Phi) is 6.69. The number of benzene rings is 2. The molecule has 1 unspecified atom stereocenters. The normalized spacial score (nSPS) is 15.3. The summed E-state index contributed by atoms with van der Waals surface area (Å²) in [4.78, 5) is 28.2. The van der Waals surface area contributed by atoms with Gasteiger partial charge in [0.05, 0.1) is 9.88 Å². The molecule has 2 N–H and O–H groups in total. The highest BCUT2D eigenvalue weighted by molar-refractivity contribution is 7.15. The molecule has 7 nitrogen and oxygen atoms in total. The van der Waals surface area contributed by atoms with Crippen molar-refractivity contribution in [1.82, 2.24) is 24.8 Å². The van der Waals surface area contributed by atoms with E-state index in [1.54, 1.807) is 22.1 Å². The highest BCUT2D eigenvalue weighted by atomic mass is 35.5. The summed E-state index contributed by atoms with van der Waals surface area (Å²) in [5, 5.41) is 8.98. The van der Waals surface area contributed by atoms with E-state index >= 15 is 0 Å². The Hall–Kier alpha value is -3.59. The number of pyridine rings is 1. The molecular weight excluding hydrogens is 516 g/mol. The second kappa shape index (κ2) is 10.3. The lowest BCUT2D eigenvalue weighted by molar-refractivity contribution is 0.751. The van der Waals surface area contributed by atoms with E-state index in [-0.39, 0.29) is 5.56 Å². The van der Waals surface area contributed by atoms with Gasteiger partial charge in [-0.05, 0) is 68.1 Å². The average Bonchev–Trinajstić information content (AvgIpc) is 3.62. The molecule has 1 atom stereocenters. The van der Waals surface area contributed by atoms with Crippen LogP contribution in [-0.4, -0.2) is 32.6 Å². The third-order valence-corrected chi connectivity index (χ3v) is 8.28. The van der Waals surface area contributed by atoms with E-state index in [4.69, 9.17) is 16.6 Å². The molecule has 4 heterocycles. The van der Waals surface area contributed by atoms with E-state index in [1.807, 2.05) is 44.3 Å². The monoisotopic (exact) mass is 542 g/mol. The summed E-state index contributed by atoms with van der Waals surface area (Å²) < 4.78 is 1.67. The molecule has 1 fully saturated rings. The molecule has 0 spiro atoms. The van der Waals surface area contributed by atoms with Crippen LogP contribution in [0.2, 0.25) is 5.02 Å². The molecular formula is C29H27ClN6OS. The van der Waals surface area contributed by atoms with Gasteiger partial charge in [-0.15, -0.1) is 11.3 Å². The number of aromatic nitrogens is 4. The molecule has 0 saturated carbocycles. The maximum Gasteiger partial charge on any atom is 0.260 e. The number of fused-ring (bicyclic) bond motifs is 1. The number of hydrogen-bond acceptors (Lipinski definition) is 7. The van der Waals surface area contributed by atoms with Gasteiger partial charge in [-0.2, -0.15) is 4.98 Å². The van der Waals surface area contributed by atoms with Crippen LogP contribution in [0, 0.1) is 6.92 Å². The number of nitrogens with one attached hydrogen (secondary N) is 2. The zero-order valence-electron chi connectivity index (χ0n) is 21.2. The number of anilines is 2. The van der Waals surface area contributed by atoms with Crippen LogP contribution in [-0.2, 0) is 6.54 Å². The Balaban J connectivity index is 1.32. The molecule has 5 aromatic rings. The van der Waals surface area contributed by atoms with E-state index in [2.05, 4.69) is 44.9 Å². The third kappa shape index (κ3) is 4.71. The van der Waals surface area contributed by atoms with Crippen LogP contribution < -0.4 is 16.2 Å². The fraction of sp³-hybridized carbons (Fsp3) is 0.241. The highest BCUT2D eigenvalue weighted by Gasteiger charge is 2.17. The van der Waals surface area contributed by atoms with Gasteiger partial charge < -0.3 is 10.6 Å². The Morgan fingerprint density at radius 1 is 1.11 bits per heavy atom. The smallest absolute Gasteiger partial charge is 0.260 e. The van der Waals surface area contributed by atoms with E-state index in [1.165, 1.54) is 5.56 Å². The van der Waals surface area contributed by atoms with Crippen molar-refractivity contribution in [2.75, 3.05) is 18.4 Å². The quantitative estimate of drug-likeness (QED) is 0.259. The van der Waals surface area contributed by atoms with E-state index in [0.717, 1.165) is 46.0 Å². The number of nitrogens with zero attached hydrogens (tertiary/aromatic N) is 4. The topological polar surface area (TPSA) is 84.7 Å². The van der Waals surface area contributed by atoms with Gasteiger partial charge in [0, 0.05) is 52.7 Å². The minimum atomic E-state index is -0.137. The Bertz CT molecular complexity index is 1690. The molecule has 0 aliphatic carbocycles. The van der Waals surface area contributed by atoms with Crippen molar-refractivity contribution in [3.8, 4) is 21.6 Å². The number of thiazole rings is 1. The van der Waals surface area contributed by atoms with E-state index in [0.29, 0.717) is 40.2 Å². The largest absolute Gasteiger partial charge is 0.324 e. The van der Waals surface area contributed by atoms with Crippen LogP contribution in [0.1, 0.15) is 29.8 Å². The summed E-state index contributed by atoms with van der Waals surface area (Å²) in [5.74, 6) is 1.01. The summed E-state index contributed by atoms with van der Waals surface area (Å²) in [5.41, 5.74) is 4.88. The van der Waals surface area contributed by atoms with Crippen LogP contribution in [0.15, 0.2) is 65.7 Å². The van der Waals surface area contributed by atoms with Crippen LogP contribution in [0.5, 0.6) is 0 Å². The Morgan fingerprint density at radius 2 is 1.95 bits per heavy atom. The predicted molar refractivity (Wildman–Crippen MR) is 156 cm³/mol. The highest BCUT2D eigenvalue weighted by Crippen LogP contribution is 2.34. The summed E-state index contributed by atoms with van der Waals surface area (Å²) in [6, 6.07) is 16.0. The summed E-state index contributed by atoms with van der Waals surface area (Å²) in [6.45, 7) is 6.48. The minimum absolute atomic E-state index is 0.137. The standard InChI is InChI=1S/C29H27ClN6OS/c1-3-36-27-21(15-33-29(35-27)34-22-7-4-18(5-8-22)20-10-11-31-14-20)12-24(28(36)37)23-9-6-19(13-25(23)30)26-16-32-17(2)38-26/h4-9,12-13,15-16,20,31H,3,10-11,14H2,1-2H3,(H,33,34,35). The van der Waals surface area contributed by atoms with Crippen LogP contribution in [0.3, 0.4) is 0 Å². The average molecular weight is 543 g/mol. The molecule has 2 aromatic carbocycles. The van der Waals surface area contributed by atoms with Gasteiger partial charge in [0.2, 0.25) is 5.95 Å². The van der Waals surface area contributed by atoms with Gasteiger partial charge in [-0.25, -0.2) is 9.97 Å². The lowest BCUT2D eigenvalue weighted by Gasteiger charge is -2.14. The van der Waals surface area contributed by atoms with Crippen LogP contribution >= 0.6 is 22.9 Å². The van der Waals surface area contributed by atoms with Crippen molar-refractivity contribution in [3.63, 3.8) is 0 Å². The molecule has 1 aliphatic rings. The molecule has 3 aromatic heterocycles. The van der Waals surface area contributed by atoms with Crippen LogP contribution in [0.25, 0.3) is 32.6 Å². The lowest BCUT2D eigenvalue weighted by atomic mass is 9.98. The lowest BCUT2D eigenvalue weighted by Crippen LogP contribution is -2.22. The Morgan fingerprint density at radius 3 is 2.63 bits per heavy atom. The van der Waals surface area contributed by atoms with Crippen molar-refractivity contribution in [3.05, 3.63) is 86.9 Å². The summed E-state index contributed by atoms with van der Waals surface area (Å²) in [7, 11) is 0. The first-order valence-electron chi connectivity index (χ1n) is 12.7. The first-order valence-corrected chi connectivity index (χ1v) is 13.9. The molecule has 192 valence electrons. The molecule has 38 heavy (non-hydrogen) atoms. The summed E-state index contributed by atoms with van der Waals surface area (Å²) >= 11 is 8.31. The zero-order valence-corrected chi connectivity index (χ0v) is 22.7. The zero-order chi connectivity index (χ0) is 26.2. The predicted octanol–water partition coefficient (Wildman–Crippen LogP) is 6.38. The molecule has 1 saturated heterocycles.